The van der Waals surface area contributed by atoms with Crippen LogP contribution >= 0.6 is 11.6 Å². The molecule has 0 spiro atoms. The van der Waals surface area contributed by atoms with Gasteiger partial charge >= 0.3 is 0 Å². The van der Waals surface area contributed by atoms with E-state index in [0.717, 1.165) is 5.69 Å². The second kappa shape index (κ2) is 4.40. The molecule has 2 aromatic rings. The molecule has 2 rings (SSSR count). The van der Waals surface area contributed by atoms with Crippen molar-refractivity contribution in [2.24, 2.45) is 0 Å². The number of methoxy groups -OCH3 is 1. The fraction of sp³-hybridized carbons (Fsp3) is 0.200. The first-order valence-electron chi connectivity index (χ1n) is 4.58. The van der Waals surface area contributed by atoms with Gasteiger partial charge in [-0.1, -0.05) is 11.6 Å². The molecule has 0 amide bonds. The molecular formula is C10H9ClN4O. The summed E-state index contributed by atoms with van der Waals surface area (Å²) in [6, 6.07) is 5.11. The SMILES string of the molecule is COc1ccc(-c2nc(C)cc(Cl)n2)nn1. The highest BCUT2D eigenvalue weighted by Gasteiger charge is 2.06. The number of nitrogens with zero attached hydrogens (tertiary/aromatic N) is 4. The van der Waals surface area contributed by atoms with E-state index < -0.39 is 0 Å². The van der Waals surface area contributed by atoms with Gasteiger partial charge in [-0.3, -0.25) is 0 Å². The van der Waals surface area contributed by atoms with Crippen molar-refractivity contribution in [3.8, 4) is 17.4 Å². The first-order valence-corrected chi connectivity index (χ1v) is 4.96. The predicted octanol–water partition coefficient (Wildman–Crippen LogP) is 1.90. The summed E-state index contributed by atoms with van der Waals surface area (Å²) < 4.78 is 4.91. The van der Waals surface area contributed by atoms with Crippen molar-refractivity contribution in [2.75, 3.05) is 7.11 Å². The van der Waals surface area contributed by atoms with Crippen LogP contribution in [0.5, 0.6) is 5.88 Å². The van der Waals surface area contributed by atoms with Crippen molar-refractivity contribution >= 4 is 11.6 Å². The van der Waals surface area contributed by atoms with Crippen molar-refractivity contribution in [1.82, 2.24) is 20.2 Å². The molecule has 0 radical (unpaired) electrons. The van der Waals surface area contributed by atoms with Crippen LogP contribution in [0.1, 0.15) is 5.69 Å². The number of hydrogen-bond donors (Lipinski definition) is 0. The molecule has 2 aromatic heterocycles. The largest absolute Gasteiger partial charge is 0.480 e. The number of hydrogen-bond acceptors (Lipinski definition) is 5. The lowest BCUT2D eigenvalue weighted by Crippen LogP contribution is -1.97. The van der Waals surface area contributed by atoms with Crippen LogP contribution in [0, 0.1) is 6.92 Å². The van der Waals surface area contributed by atoms with E-state index in [-0.39, 0.29) is 0 Å². The molecule has 0 aliphatic heterocycles. The molecule has 6 heteroatoms. The smallest absolute Gasteiger partial charge is 0.233 e. The maximum atomic E-state index is 5.83. The van der Waals surface area contributed by atoms with Crippen molar-refractivity contribution in [3.63, 3.8) is 0 Å². The minimum Gasteiger partial charge on any atom is -0.480 e. The van der Waals surface area contributed by atoms with Gasteiger partial charge in [0.15, 0.2) is 5.82 Å². The van der Waals surface area contributed by atoms with E-state index in [1.165, 1.54) is 7.11 Å². The lowest BCUT2D eigenvalue weighted by Gasteiger charge is -2.01. The monoisotopic (exact) mass is 236 g/mol. The van der Waals surface area contributed by atoms with Crippen molar-refractivity contribution in [2.45, 2.75) is 6.92 Å². The number of aromatic nitrogens is 4. The van der Waals surface area contributed by atoms with Crippen molar-refractivity contribution in [1.29, 1.82) is 0 Å². The minimum absolute atomic E-state index is 0.389. The van der Waals surface area contributed by atoms with E-state index in [1.807, 2.05) is 6.92 Å². The Morgan fingerprint density at radius 1 is 1.19 bits per heavy atom. The molecule has 5 nitrogen and oxygen atoms in total. The van der Waals surface area contributed by atoms with E-state index in [4.69, 9.17) is 16.3 Å². The summed E-state index contributed by atoms with van der Waals surface area (Å²) in [6.07, 6.45) is 0. The van der Waals surface area contributed by atoms with E-state index in [9.17, 15) is 0 Å². The summed E-state index contributed by atoms with van der Waals surface area (Å²) in [4.78, 5) is 8.29. The van der Waals surface area contributed by atoms with Crippen molar-refractivity contribution < 1.29 is 4.74 Å². The van der Waals surface area contributed by atoms with Crippen LogP contribution in [0.25, 0.3) is 11.5 Å². The summed E-state index contributed by atoms with van der Waals surface area (Å²) in [6.45, 7) is 1.84. The molecule has 0 aliphatic carbocycles. The van der Waals surface area contributed by atoms with Gasteiger partial charge in [0, 0.05) is 11.8 Å². The average Bonchev–Trinajstić information content (AvgIpc) is 2.28. The Balaban J connectivity index is 2.42. The van der Waals surface area contributed by atoms with Crippen LogP contribution < -0.4 is 4.74 Å². The molecule has 0 fully saturated rings. The summed E-state index contributed by atoms with van der Waals surface area (Å²) in [7, 11) is 1.53. The average molecular weight is 237 g/mol. The number of rotatable bonds is 2. The highest BCUT2D eigenvalue weighted by atomic mass is 35.5. The van der Waals surface area contributed by atoms with Gasteiger partial charge in [-0.2, -0.15) is 0 Å². The second-order valence-corrected chi connectivity index (χ2v) is 3.50. The van der Waals surface area contributed by atoms with E-state index in [0.29, 0.717) is 22.6 Å². The topological polar surface area (TPSA) is 60.8 Å². The third kappa shape index (κ3) is 2.25. The van der Waals surface area contributed by atoms with Gasteiger partial charge in [-0.25, -0.2) is 9.97 Å². The molecule has 82 valence electrons. The van der Waals surface area contributed by atoms with Gasteiger partial charge in [-0.15, -0.1) is 10.2 Å². The van der Waals surface area contributed by atoms with E-state index >= 15 is 0 Å². The molecule has 0 atom stereocenters. The Labute approximate surface area is 97.5 Å². The number of halogens is 1. The third-order valence-electron chi connectivity index (χ3n) is 1.90. The van der Waals surface area contributed by atoms with Crippen LogP contribution in [0.2, 0.25) is 5.15 Å². The zero-order chi connectivity index (χ0) is 11.5. The van der Waals surface area contributed by atoms with Crippen LogP contribution in [-0.4, -0.2) is 27.3 Å². The zero-order valence-corrected chi connectivity index (χ0v) is 9.56. The van der Waals surface area contributed by atoms with Gasteiger partial charge in [0.05, 0.1) is 7.11 Å². The van der Waals surface area contributed by atoms with Crippen LogP contribution in [0.3, 0.4) is 0 Å². The Hall–Kier alpha value is -1.75. The molecule has 0 unspecified atom stereocenters. The van der Waals surface area contributed by atoms with Crippen LogP contribution in [0.4, 0.5) is 0 Å². The lowest BCUT2D eigenvalue weighted by atomic mass is 10.3. The Bertz CT molecular complexity index is 480. The van der Waals surface area contributed by atoms with Crippen LogP contribution in [-0.2, 0) is 0 Å². The van der Waals surface area contributed by atoms with Gasteiger partial charge in [-0.05, 0) is 19.1 Å². The maximum Gasteiger partial charge on any atom is 0.233 e. The van der Waals surface area contributed by atoms with Crippen LogP contribution in [0.15, 0.2) is 18.2 Å². The standard InChI is InChI=1S/C10H9ClN4O/c1-6-5-8(11)13-10(12-6)7-3-4-9(16-2)15-14-7/h3-5H,1-2H3. The molecule has 0 saturated carbocycles. The minimum atomic E-state index is 0.389. The molecule has 0 saturated heterocycles. The normalized spacial score (nSPS) is 10.2. The molecule has 2 heterocycles. The summed E-state index contributed by atoms with van der Waals surface area (Å²) >= 11 is 5.83. The Morgan fingerprint density at radius 3 is 2.56 bits per heavy atom. The lowest BCUT2D eigenvalue weighted by molar-refractivity contribution is 0.392. The number of ether oxygens (including phenoxy) is 1. The molecular weight excluding hydrogens is 228 g/mol. The van der Waals surface area contributed by atoms with Gasteiger partial charge in [0.25, 0.3) is 0 Å². The van der Waals surface area contributed by atoms with E-state index in [2.05, 4.69) is 20.2 Å². The molecule has 0 aromatic carbocycles. The fourth-order valence-corrected chi connectivity index (χ4v) is 1.43. The van der Waals surface area contributed by atoms with E-state index in [1.54, 1.807) is 18.2 Å². The molecule has 0 aliphatic rings. The zero-order valence-electron chi connectivity index (χ0n) is 8.81. The summed E-state index contributed by atoms with van der Waals surface area (Å²) in [5.41, 5.74) is 1.35. The second-order valence-electron chi connectivity index (χ2n) is 3.12. The third-order valence-corrected chi connectivity index (χ3v) is 2.09. The fourth-order valence-electron chi connectivity index (χ4n) is 1.19. The predicted molar refractivity (Wildman–Crippen MR) is 59.4 cm³/mol. The molecule has 0 bridgehead atoms. The first kappa shape index (κ1) is 10.8. The van der Waals surface area contributed by atoms with Gasteiger partial charge in [0.2, 0.25) is 5.88 Å². The molecule has 16 heavy (non-hydrogen) atoms. The highest BCUT2D eigenvalue weighted by molar-refractivity contribution is 6.29. The Kier molecular flexibility index (Phi) is 2.96. The Morgan fingerprint density at radius 2 is 2.00 bits per heavy atom. The summed E-state index contributed by atoms with van der Waals surface area (Å²) in [5, 5.41) is 8.17. The highest BCUT2D eigenvalue weighted by Crippen LogP contribution is 2.16. The number of aryl methyl sites for hydroxylation is 1. The quantitative estimate of drug-likeness (QED) is 0.746. The van der Waals surface area contributed by atoms with Gasteiger partial charge in [0.1, 0.15) is 10.8 Å². The van der Waals surface area contributed by atoms with Crippen molar-refractivity contribution in [3.05, 3.63) is 29.0 Å². The first-order chi connectivity index (χ1) is 7.69. The summed E-state index contributed by atoms with van der Waals surface area (Å²) in [5.74, 6) is 0.905. The molecule has 0 N–H and O–H groups in total. The maximum absolute atomic E-state index is 5.83. The van der Waals surface area contributed by atoms with Gasteiger partial charge < -0.3 is 4.74 Å².